The van der Waals surface area contributed by atoms with Crippen LogP contribution in [-0.4, -0.2) is 33.2 Å². The lowest BCUT2D eigenvalue weighted by molar-refractivity contribution is -0.137. The number of carbonyl (C=O) groups excluding carboxylic acids is 2. The number of anilines is 2. The number of hydrogen-bond donors (Lipinski definition) is 3. The Morgan fingerprint density at radius 3 is 2.28 bits per heavy atom. The number of nitrogens with one attached hydrogen (secondary N) is 3. The number of pyridine rings is 1. The van der Waals surface area contributed by atoms with Crippen molar-refractivity contribution in [1.29, 1.82) is 0 Å². The molecule has 0 aliphatic carbocycles. The number of nitrogens with zero attached hydrogens (tertiary/aromatic N) is 3. The molecule has 32 heavy (non-hydrogen) atoms. The Hall–Kier alpha value is -4.15. The highest BCUT2D eigenvalue weighted by Crippen LogP contribution is 2.29. The van der Waals surface area contributed by atoms with Crippen molar-refractivity contribution >= 4 is 23.3 Å². The van der Waals surface area contributed by atoms with Crippen LogP contribution in [0.15, 0.2) is 61.4 Å². The molecule has 0 saturated heterocycles. The zero-order chi connectivity index (χ0) is 23.3. The van der Waals surface area contributed by atoms with E-state index >= 15 is 0 Å². The third kappa shape index (κ3) is 5.31. The van der Waals surface area contributed by atoms with Crippen molar-refractivity contribution in [1.82, 2.24) is 20.1 Å². The highest BCUT2D eigenvalue weighted by molar-refractivity contribution is 6.05. The topological polar surface area (TPSA) is 101 Å². The van der Waals surface area contributed by atoms with Crippen molar-refractivity contribution in [3.8, 4) is 5.82 Å². The highest BCUT2D eigenvalue weighted by Gasteiger charge is 2.30. The molecule has 3 amide bonds. The number of rotatable bonds is 6. The van der Waals surface area contributed by atoms with E-state index in [1.54, 1.807) is 37.3 Å². The van der Waals surface area contributed by atoms with Crippen LogP contribution >= 0.6 is 0 Å². The fourth-order valence-corrected chi connectivity index (χ4v) is 2.72. The summed E-state index contributed by atoms with van der Waals surface area (Å²) in [6, 6.07) is 8.15. The Kier molecular flexibility index (Phi) is 6.57. The summed E-state index contributed by atoms with van der Waals surface area (Å²) in [6.45, 7) is 5.44. The predicted molar refractivity (Wildman–Crippen MR) is 113 cm³/mol. The molecule has 0 saturated carbocycles. The molecular formula is C21H19F3N6O2. The van der Waals surface area contributed by atoms with Gasteiger partial charge in [0.1, 0.15) is 0 Å². The van der Waals surface area contributed by atoms with Gasteiger partial charge in [-0.25, -0.2) is 14.5 Å². The summed E-state index contributed by atoms with van der Waals surface area (Å²) in [5.74, 6) is -0.301. The van der Waals surface area contributed by atoms with E-state index in [1.807, 2.05) is 0 Å². The maximum atomic E-state index is 12.7. The van der Waals surface area contributed by atoms with Crippen molar-refractivity contribution in [2.75, 3.05) is 17.2 Å². The summed E-state index contributed by atoms with van der Waals surface area (Å²) >= 11 is 0. The van der Waals surface area contributed by atoms with Crippen molar-refractivity contribution < 1.29 is 22.8 Å². The smallest absolute Gasteiger partial charge is 0.334 e. The van der Waals surface area contributed by atoms with E-state index in [0.717, 1.165) is 6.07 Å². The number of benzene rings is 1. The zero-order valence-corrected chi connectivity index (χ0v) is 16.9. The van der Waals surface area contributed by atoms with E-state index < -0.39 is 17.6 Å². The molecule has 8 nitrogen and oxygen atoms in total. The van der Waals surface area contributed by atoms with Crippen molar-refractivity contribution in [3.63, 3.8) is 0 Å². The number of carbonyl (C=O) groups is 2. The van der Waals surface area contributed by atoms with Crippen LogP contribution in [0.4, 0.5) is 29.3 Å². The molecule has 0 aliphatic rings. The third-order valence-corrected chi connectivity index (χ3v) is 4.35. The second kappa shape index (κ2) is 9.33. The minimum atomic E-state index is -4.49. The van der Waals surface area contributed by atoms with Gasteiger partial charge in [-0.05, 0) is 43.3 Å². The monoisotopic (exact) mass is 444 g/mol. The predicted octanol–water partition coefficient (Wildman–Crippen LogP) is 4.15. The van der Waals surface area contributed by atoms with Gasteiger partial charge in [-0.15, -0.1) is 6.58 Å². The van der Waals surface area contributed by atoms with Gasteiger partial charge in [0.2, 0.25) is 0 Å². The van der Waals surface area contributed by atoms with E-state index in [2.05, 4.69) is 32.6 Å². The Bertz CT molecular complexity index is 1120. The van der Waals surface area contributed by atoms with Crippen molar-refractivity contribution in [2.24, 2.45) is 0 Å². The average molecular weight is 444 g/mol. The molecule has 0 radical (unpaired) electrons. The number of halogens is 3. The molecule has 1 aromatic carbocycles. The first-order chi connectivity index (χ1) is 15.2. The van der Waals surface area contributed by atoms with Gasteiger partial charge in [0.05, 0.1) is 23.0 Å². The molecule has 11 heteroatoms. The Morgan fingerprint density at radius 2 is 1.72 bits per heavy atom. The van der Waals surface area contributed by atoms with Crippen LogP contribution in [0.5, 0.6) is 0 Å². The van der Waals surface area contributed by atoms with E-state index in [9.17, 15) is 22.8 Å². The van der Waals surface area contributed by atoms with E-state index in [-0.39, 0.29) is 17.4 Å². The van der Waals surface area contributed by atoms with Gasteiger partial charge in [-0.2, -0.15) is 18.3 Å². The Balaban J connectivity index is 1.68. The fraction of sp³-hybridized carbons (Fsp3) is 0.143. The van der Waals surface area contributed by atoms with Crippen LogP contribution in [0.25, 0.3) is 5.82 Å². The minimum Gasteiger partial charge on any atom is -0.334 e. The number of aromatic nitrogens is 3. The Labute approximate surface area is 181 Å². The summed E-state index contributed by atoms with van der Waals surface area (Å²) in [5, 5.41) is 12.0. The maximum Gasteiger partial charge on any atom is 0.417 e. The molecule has 3 rings (SSSR count). The Morgan fingerprint density at radius 1 is 1.06 bits per heavy atom. The van der Waals surface area contributed by atoms with Crippen LogP contribution < -0.4 is 16.0 Å². The SMILES string of the molecule is C=CCNC(=O)Nc1ccc(NC(=O)c2cnn(-c3ccc(C(F)(F)F)cn3)c2C)cc1. The lowest BCUT2D eigenvalue weighted by atomic mass is 10.2. The number of hydrogen-bond acceptors (Lipinski definition) is 4. The largest absolute Gasteiger partial charge is 0.417 e. The van der Waals surface area contributed by atoms with Gasteiger partial charge in [-0.1, -0.05) is 6.08 Å². The molecule has 3 N–H and O–H groups in total. The minimum absolute atomic E-state index is 0.153. The summed E-state index contributed by atoms with van der Waals surface area (Å²) in [6.07, 6.45) is -0.917. The second-order valence-electron chi connectivity index (χ2n) is 6.61. The molecule has 0 unspecified atom stereocenters. The summed E-state index contributed by atoms with van der Waals surface area (Å²) in [7, 11) is 0. The molecule has 0 bridgehead atoms. The normalized spacial score (nSPS) is 11.0. The van der Waals surface area contributed by atoms with E-state index in [0.29, 0.717) is 29.8 Å². The van der Waals surface area contributed by atoms with Crippen molar-refractivity contribution in [2.45, 2.75) is 13.1 Å². The van der Waals surface area contributed by atoms with Crippen LogP contribution in [0.1, 0.15) is 21.6 Å². The molecule has 3 aromatic rings. The summed E-state index contributed by atoms with van der Waals surface area (Å²) in [4.78, 5) is 28.0. The second-order valence-corrected chi connectivity index (χ2v) is 6.61. The fourth-order valence-electron chi connectivity index (χ4n) is 2.72. The highest BCUT2D eigenvalue weighted by atomic mass is 19.4. The number of urea groups is 1. The van der Waals surface area contributed by atoms with Crippen LogP contribution in [-0.2, 0) is 6.18 Å². The first kappa shape index (κ1) is 22.5. The van der Waals surface area contributed by atoms with Crippen LogP contribution in [0.2, 0.25) is 0 Å². The quantitative estimate of drug-likeness (QED) is 0.497. The van der Waals surface area contributed by atoms with Gasteiger partial charge in [0.25, 0.3) is 5.91 Å². The molecule has 2 heterocycles. The number of alkyl halides is 3. The number of amides is 3. The van der Waals surface area contributed by atoms with Gasteiger partial charge in [0.15, 0.2) is 5.82 Å². The molecule has 0 fully saturated rings. The van der Waals surface area contributed by atoms with Crippen molar-refractivity contribution in [3.05, 3.63) is 78.3 Å². The van der Waals surface area contributed by atoms with E-state index in [1.165, 1.54) is 16.9 Å². The van der Waals surface area contributed by atoms with Gasteiger partial charge in [0, 0.05) is 24.1 Å². The lowest BCUT2D eigenvalue weighted by Gasteiger charge is -2.09. The third-order valence-electron chi connectivity index (χ3n) is 4.35. The summed E-state index contributed by atoms with van der Waals surface area (Å²) in [5.41, 5.74) is 0.776. The first-order valence-electron chi connectivity index (χ1n) is 9.34. The first-order valence-corrected chi connectivity index (χ1v) is 9.34. The standard InChI is InChI=1S/C21H19F3N6O2/c1-3-10-25-20(32)29-16-7-5-15(6-8-16)28-19(31)17-12-27-30(13(17)2)18-9-4-14(11-26-18)21(22,23)24/h3-9,11-12H,1,10H2,2H3,(H,28,31)(H2,25,29,32). The van der Waals surface area contributed by atoms with Crippen LogP contribution in [0, 0.1) is 6.92 Å². The van der Waals surface area contributed by atoms with Gasteiger partial charge in [-0.3, -0.25) is 4.79 Å². The molecule has 0 atom stereocenters. The molecule has 0 aliphatic heterocycles. The van der Waals surface area contributed by atoms with Gasteiger partial charge >= 0.3 is 12.2 Å². The maximum absolute atomic E-state index is 12.7. The molecule has 166 valence electrons. The van der Waals surface area contributed by atoms with Gasteiger partial charge < -0.3 is 16.0 Å². The zero-order valence-electron chi connectivity index (χ0n) is 16.9. The lowest BCUT2D eigenvalue weighted by Crippen LogP contribution is -2.28. The molecule has 0 spiro atoms. The molecular weight excluding hydrogens is 425 g/mol. The van der Waals surface area contributed by atoms with Crippen LogP contribution in [0.3, 0.4) is 0 Å². The van der Waals surface area contributed by atoms with E-state index in [4.69, 9.17) is 0 Å². The molecule has 2 aromatic heterocycles. The summed E-state index contributed by atoms with van der Waals surface area (Å²) < 4.78 is 39.4. The average Bonchev–Trinajstić information content (AvgIpc) is 3.14.